The highest BCUT2D eigenvalue weighted by Crippen LogP contribution is 2.22. The number of amides is 3. The Kier molecular flexibility index (Phi) is 7.69. The van der Waals surface area contributed by atoms with Crippen LogP contribution < -0.4 is 10.6 Å². The summed E-state index contributed by atoms with van der Waals surface area (Å²) in [6.45, 7) is 5.40. The summed E-state index contributed by atoms with van der Waals surface area (Å²) in [6.07, 6.45) is 2.39. The molecule has 1 fully saturated rings. The molecule has 1 atom stereocenters. The molecule has 31 heavy (non-hydrogen) atoms. The first-order chi connectivity index (χ1) is 14.8. The monoisotopic (exact) mass is 441 g/mol. The number of anilines is 1. The molecule has 2 aromatic carbocycles. The van der Waals surface area contributed by atoms with Crippen molar-refractivity contribution < 1.29 is 14.4 Å². The van der Waals surface area contributed by atoms with Crippen LogP contribution in [0.25, 0.3) is 0 Å². The van der Waals surface area contributed by atoms with E-state index in [-0.39, 0.29) is 17.7 Å². The number of benzene rings is 2. The summed E-state index contributed by atoms with van der Waals surface area (Å²) in [5, 5.41) is 6.23. The van der Waals surface area contributed by atoms with Crippen LogP contribution >= 0.6 is 11.6 Å². The number of carbonyl (C=O) groups excluding carboxylic acids is 3. The molecule has 0 radical (unpaired) electrons. The average molecular weight is 442 g/mol. The van der Waals surface area contributed by atoms with Crippen LogP contribution in [0.5, 0.6) is 0 Å². The second-order valence-corrected chi connectivity index (χ2v) is 8.61. The summed E-state index contributed by atoms with van der Waals surface area (Å²) in [7, 11) is 0. The van der Waals surface area contributed by atoms with E-state index in [0.717, 1.165) is 12.8 Å². The Balaban J connectivity index is 1.61. The van der Waals surface area contributed by atoms with E-state index in [0.29, 0.717) is 47.3 Å². The van der Waals surface area contributed by atoms with Crippen LogP contribution in [0.15, 0.2) is 48.5 Å². The molecule has 3 amide bonds. The molecular formula is C24H28ClN3O3. The third-order valence-corrected chi connectivity index (χ3v) is 5.55. The summed E-state index contributed by atoms with van der Waals surface area (Å²) >= 11 is 5.93. The van der Waals surface area contributed by atoms with Gasteiger partial charge in [0, 0.05) is 34.9 Å². The van der Waals surface area contributed by atoms with E-state index < -0.39 is 6.04 Å². The van der Waals surface area contributed by atoms with Crippen LogP contribution in [0.3, 0.4) is 0 Å². The molecule has 3 rings (SSSR count). The highest BCUT2D eigenvalue weighted by Gasteiger charge is 2.34. The van der Waals surface area contributed by atoms with Crippen molar-refractivity contribution in [3.63, 3.8) is 0 Å². The van der Waals surface area contributed by atoms with Gasteiger partial charge in [0.2, 0.25) is 5.91 Å². The molecule has 0 aliphatic carbocycles. The summed E-state index contributed by atoms with van der Waals surface area (Å²) in [5.41, 5.74) is 1.52. The SMILES string of the molecule is CC(C)CCNC(=O)[C@@H]1CCCN1C(=O)c1ccc(NC(=O)c2cccc(Cl)c2)cc1. The van der Waals surface area contributed by atoms with Crippen molar-refractivity contribution in [3.05, 3.63) is 64.7 Å². The van der Waals surface area contributed by atoms with E-state index in [1.165, 1.54) is 0 Å². The predicted octanol–water partition coefficient (Wildman–Crippen LogP) is 4.36. The lowest BCUT2D eigenvalue weighted by Gasteiger charge is -2.24. The molecule has 0 unspecified atom stereocenters. The number of carbonyl (C=O) groups is 3. The highest BCUT2D eigenvalue weighted by molar-refractivity contribution is 6.31. The largest absolute Gasteiger partial charge is 0.354 e. The molecule has 1 aliphatic rings. The minimum atomic E-state index is -0.429. The standard InChI is InChI=1S/C24H28ClN3O3/c1-16(2)12-13-26-23(30)21-7-4-14-28(21)24(31)17-8-10-20(11-9-17)27-22(29)18-5-3-6-19(25)15-18/h3,5-6,8-11,15-16,21H,4,7,12-14H2,1-2H3,(H,26,30)(H,27,29)/t21-/m0/s1. The Labute approximate surface area is 188 Å². The van der Waals surface area contributed by atoms with Crippen LogP contribution in [0.1, 0.15) is 53.8 Å². The van der Waals surface area contributed by atoms with Crippen LogP contribution in [-0.2, 0) is 4.79 Å². The number of likely N-dealkylation sites (tertiary alicyclic amines) is 1. The maximum Gasteiger partial charge on any atom is 0.255 e. The number of nitrogens with one attached hydrogen (secondary N) is 2. The quantitative estimate of drug-likeness (QED) is 0.670. The molecule has 1 aliphatic heterocycles. The molecule has 2 N–H and O–H groups in total. The molecule has 0 aromatic heterocycles. The summed E-state index contributed by atoms with van der Waals surface area (Å²) < 4.78 is 0. The van der Waals surface area contributed by atoms with Crippen LogP contribution in [0.4, 0.5) is 5.69 Å². The van der Waals surface area contributed by atoms with E-state index in [2.05, 4.69) is 24.5 Å². The zero-order valence-corrected chi connectivity index (χ0v) is 18.6. The van der Waals surface area contributed by atoms with Gasteiger partial charge < -0.3 is 15.5 Å². The molecule has 6 nitrogen and oxygen atoms in total. The number of hydrogen-bond acceptors (Lipinski definition) is 3. The third-order valence-electron chi connectivity index (χ3n) is 5.31. The fourth-order valence-electron chi connectivity index (χ4n) is 3.58. The van der Waals surface area contributed by atoms with Gasteiger partial charge in [-0.1, -0.05) is 31.5 Å². The van der Waals surface area contributed by atoms with Gasteiger partial charge in [-0.05, 0) is 67.6 Å². The molecule has 0 saturated carbocycles. The highest BCUT2D eigenvalue weighted by atomic mass is 35.5. The van der Waals surface area contributed by atoms with Gasteiger partial charge in [-0.3, -0.25) is 14.4 Å². The minimum Gasteiger partial charge on any atom is -0.354 e. The van der Waals surface area contributed by atoms with Gasteiger partial charge in [0.15, 0.2) is 0 Å². The van der Waals surface area contributed by atoms with Gasteiger partial charge in [0.1, 0.15) is 6.04 Å². The Hall–Kier alpha value is -2.86. The van der Waals surface area contributed by atoms with E-state index in [1.54, 1.807) is 53.4 Å². The third kappa shape index (κ3) is 6.07. The zero-order chi connectivity index (χ0) is 22.4. The minimum absolute atomic E-state index is 0.0862. The smallest absolute Gasteiger partial charge is 0.255 e. The Morgan fingerprint density at radius 3 is 2.52 bits per heavy atom. The predicted molar refractivity (Wildman–Crippen MR) is 122 cm³/mol. The van der Waals surface area contributed by atoms with Crippen molar-refractivity contribution in [2.45, 2.75) is 39.2 Å². The molecule has 0 bridgehead atoms. The number of hydrogen-bond donors (Lipinski definition) is 2. The lowest BCUT2D eigenvalue weighted by Crippen LogP contribution is -2.46. The first-order valence-electron chi connectivity index (χ1n) is 10.6. The lowest BCUT2D eigenvalue weighted by atomic mass is 10.1. The second kappa shape index (κ2) is 10.4. The van der Waals surface area contributed by atoms with Gasteiger partial charge in [0.05, 0.1) is 0 Å². The number of nitrogens with zero attached hydrogens (tertiary/aromatic N) is 1. The summed E-state index contributed by atoms with van der Waals surface area (Å²) in [5.74, 6) is -0.0233. The van der Waals surface area contributed by atoms with Gasteiger partial charge in [-0.15, -0.1) is 0 Å². The van der Waals surface area contributed by atoms with Gasteiger partial charge >= 0.3 is 0 Å². The van der Waals surface area contributed by atoms with E-state index in [9.17, 15) is 14.4 Å². The van der Waals surface area contributed by atoms with Gasteiger partial charge in [-0.25, -0.2) is 0 Å². The summed E-state index contributed by atoms with van der Waals surface area (Å²) in [4.78, 5) is 39.5. The Morgan fingerprint density at radius 1 is 1.10 bits per heavy atom. The fraction of sp³-hybridized carbons (Fsp3) is 0.375. The van der Waals surface area contributed by atoms with E-state index >= 15 is 0 Å². The Morgan fingerprint density at radius 2 is 1.84 bits per heavy atom. The fourth-order valence-corrected chi connectivity index (χ4v) is 3.77. The van der Waals surface area contributed by atoms with Crippen molar-refractivity contribution in [3.8, 4) is 0 Å². The van der Waals surface area contributed by atoms with Crippen molar-refractivity contribution in [1.82, 2.24) is 10.2 Å². The van der Waals surface area contributed by atoms with Crippen LogP contribution in [0, 0.1) is 5.92 Å². The number of halogens is 1. The molecule has 0 spiro atoms. The molecule has 1 saturated heterocycles. The second-order valence-electron chi connectivity index (χ2n) is 8.17. The first kappa shape index (κ1) is 22.8. The van der Waals surface area contributed by atoms with Gasteiger partial charge in [-0.2, -0.15) is 0 Å². The van der Waals surface area contributed by atoms with Crippen molar-refractivity contribution in [2.75, 3.05) is 18.4 Å². The van der Waals surface area contributed by atoms with E-state index in [1.807, 2.05) is 0 Å². The topological polar surface area (TPSA) is 78.5 Å². The van der Waals surface area contributed by atoms with Crippen LogP contribution in [-0.4, -0.2) is 41.8 Å². The molecule has 2 aromatic rings. The van der Waals surface area contributed by atoms with Crippen molar-refractivity contribution in [2.24, 2.45) is 5.92 Å². The summed E-state index contributed by atoms with van der Waals surface area (Å²) in [6, 6.07) is 13.0. The lowest BCUT2D eigenvalue weighted by molar-refractivity contribution is -0.124. The molecule has 7 heteroatoms. The van der Waals surface area contributed by atoms with Crippen molar-refractivity contribution >= 4 is 35.0 Å². The zero-order valence-electron chi connectivity index (χ0n) is 17.9. The number of rotatable bonds is 7. The average Bonchev–Trinajstić information content (AvgIpc) is 3.23. The maximum atomic E-state index is 13.0. The normalized spacial score (nSPS) is 15.7. The van der Waals surface area contributed by atoms with Crippen LogP contribution in [0.2, 0.25) is 5.02 Å². The van der Waals surface area contributed by atoms with Gasteiger partial charge in [0.25, 0.3) is 11.8 Å². The van der Waals surface area contributed by atoms with Crippen molar-refractivity contribution in [1.29, 1.82) is 0 Å². The molecule has 1 heterocycles. The Bertz CT molecular complexity index is 943. The molecule has 164 valence electrons. The molecular weight excluding hydrogens is 414 g/mol. The first-order valence-corrected chi connectivity index (χ1v) is 11.0. The van der Waals surface area contributed by atoms with E-state index in [4.69, 9.17) is 11.6 Å². The maximum absolute atomic E-state index is 13.0.